The number of hydrogen-bond acceptors (Lipinski definition) is 5. The third kappa shape index (κ3) is 5.37. The fraction of sp³-hybridized carbons (Fsp3) is 0.706. The van der Waals surface area contributed by atoms with Crippen molar-refractivity contribution in [2.24, 2.45) is 0 Å². The molecule has 0 atom stereocenters. The van der Waals surface area contributed by atoms with Crippen LogP contribution in [0.15, 0.2) is 12.4 Å². The Morgan fingerprint density at radius 3 is 2.52 bits per heavy atom. The van der Waals surface area contributed by atoms with E-state index in [0.717, 1.165) is 37.4 Å². The van der Waals surface area contributed by atoms with Gasteiger partial charge in [-0.05, 0) is 39.5 Å². The topological polar surface area (TPSA) is 67.4 Å². The zero-order valence-corrected chi connectivity index (χ0v) is 14.8. The van der Waals surface area contributed by atoms with Gasteiger partial charge < -0.3 is 15.0 Å². The summed E-state index contributed by atoms with van der Waals surface area (Å²) in [6.07, 6.45) is 3.08. The molecular formula is C17H28N4O2. The summed E-state index contributed by atoms with van der Waals surface area (Å²) in [6.45, 7) is 11.6. The van der Waals surface area contributed by atoms with E-state index in [1.807, 2.05) is 20.8 Å². The van der Waals surface area contributed by atoms with Crippen LogP contribution in [0, 0.1) is 0 Å². The molecule has 23 heavy (non-hydrogen) atoms. The van der Waals surface area contributed by atoms with Gasteiger partial charge in [-0.1, -0.05) is 13.8 Å². The quantitative estimate of drug-likeness (QED) is 0.927. The number of nitrogens with one attached hydrogen (secondary N) is 1. The zero-order valence-electron chi connectivity index (χ0n) is 14.8. The average molecular weight is 320 g/mol. The van der Waals surface area contributed by atoms with Gasteiger partial charge in [-0.3, -0.25) is 0 Å². The number of rotatable bonds is 3. The lowest BCUT2D eigenvalue weighted by Gasteiger charge is -2.33. The van der Waals surface area contributed by atoms with Crippen molar-refractivity contribution in [1.29, 1.82) is 0 Å². The van der Waals surface area contributed by atoms with Gasteiger partial charge in [0.1, 0.15) is 17.7 Å². The van der Waals surface area contributed by atoms with E-state index in [0.29, 0.717) is 5.92 Å². The third-order valence-corrected chi connectivity index (χ3v) is 3.81. The van der Waals surface area contributed by atoms with Gasteiger partial charge in [0.25, 0.3) is 0 Å². The SMILES string of the molecule is CC(C)c1cc(N2CCC(NC(=O)OC(C)(C)C)CC2)ncn1. The van der Waals surface area contributed by atoms with Gasteiger partial charge in [-0.2, -0.15) is 0 Å². The number of carbonyl (C=O) groups excluding carboxylic acids is 1. The van der Waals surface area contributed by atoms with Crippen molar-refractivity contribution >= 4 is 11.9 Å². The van der Waals surface area contributed by atoms with Crippen LogP contribution in [-0.2, 0) is 4.74 Å². The Kier molecular flexibility index (Phi) is 5.44. The minimum atomic E-state index is -0.459. The maximum Gasteiger partial charge on any atom is 0.407 e. The Morgan fingerprint density at radius 2 is 1.96 bits per heavy atom. The Bertz CT molecular complexity index is 532. The fourth-order valence-corrected chi connectivity index (χ4v) is 2.58. The van der Waals surface area contributed by atoms with E-state index in [2.05, 4.69) is 40.1 Å². The molecular weight excluding hydrogens is 292 g/mol. The molecule has 0 aliphatic carbocycles. The van der Waals surface area contributed by atoms with Gasteiger partial charge in [-0.25, -0.2) is 14.8 Å². The van der Waals surface area contributed by atoms with Crippen LogP contribution in [0.4, 0.5) is 10.6 Å². The van der Waals surface area contributed by atoms with Crippen LogP contribution in [0.25, 0.3) is 0 Å². The standard InChI is InChI=1S/C17H28N4O2/c1-12(2)14-10-15(19-11-18-14)21-8-6-13(7-9-21)20-16(22)23-17(3,4)5/h10-13H,6-9H2,1-5H3,(H,20,22). The normalized spacial score (nSPS) is 16.5. The van der Waals surface area contributed by atoms with E-state index in [9.17, 15) is 4.79 Å². The number of hydrogen-bond donors (Lipinski definition) is 1. The Balaban J connectivity index is 1.86. The summed E-state index contributed by atoms with van der Waals surface area (Å²) >= 11 is 0. The minimum Gasteiger partial charge on any atom is -0.444 e. The summed E-state index contributed by atoms with van der Waals surface area (Å²) in [7, 11) is 0. The molecule has 1 aliphatic rings. The Labute approximate surface area is 138 Å². The van der Waals surface area contributed by atoms with Crippen molar-refractivity contribution in [3.63, 3.8) is 0 Å². The summed E-state index contributed by atoms with van der Waals surface area (Å²) in [5.41, 5.74) is 0.600. The molecule has 0 aromatic carbocycles. The lowest BCUT2D eigenvalue weighted by Crippen LogP contribution is -2.46. The second kappa shape index (κ2) is 7.15. The molecule has 1 N–H and O–H groups in total. The van der Waals surface area contributed by atoms with Crippen LogP contribution < -0.4 is 10.2 Å². The van der Waals surface area contributed by atoms with Crippen molar-refractivity contribution in [2.45, 2.75) is 65.0 Å². The first-order chi connectivity index (χ1) is 10.7. The molecule has 1 aromatic rings. The summed E-state index contributed by atoms with van der Waals surface area (Å²) in [6, 6.07) is 2.22. The fourth-order valence-electron chi connectivity index (χ4n) is 2.58. The zero-order chi connectivity index (χ0) is 17.0. The highest BCUT2D eigenvalue weighted by Crippen LogP contribution is 2.21. The number of aromatic nitrogens is 2. The van der Waals surface area contributed by atoms with Crippen LogP contribution in [0.2, 0.25) is 0 Å². The molecule has 1 amide bonds. The van der Waals surface area contributed by atoms with E-state index >= 15 is 0 Å². The predicted molar refractivity (Wildman–Crippen MR) is 90.7 cm³/mol. The molecule has 0 bridgehead atoms. The molecule has 0 unspecified atom stereocenters. The van der Waals surface area contributed by atoms with Gasteiger partial charge in [0.05, 0.1) is 0 Å². The molecule has 0 spiro atoms. The number of piperidine rings is 1. The maximum absolute atomic E-state index is 11.8. The van der Waals surface area contributed by atoms with Crippen molar-refractivity contribution < 1.29 is 9.53 Å². The first kappa shape index (κ1) is 17.5. The van der Waals surface area contributed by atoms with E-state index < -0.39 is 5.60 Å². The minimum absolute atomic E-state index is 0.160. The number of carbonyl (C=O) groups is 1. The van der Waals surface area contributed by atoms with Crippen molar-refractivity contribution in [2.75, 3.05) is 18.0 Å². The number of nitrogens with zero attached hydrogens (tertiary/aromatic N) is 3. The summed E-state index contributed by atoms with van der Waals surface area (Å²) < 4.78 is 5.31. The summed E-state index contributed by atoms with van der Waals surface area (Å²) in [4.78, 5) is 22.8. The molecule has 1 fully saturated rings. The van der Waals surface area contributed by atoms with E-state index in [4.69, 9.17) is 4.74 Å². The van der Waals surface area contributed by atoms with Crippen molar-refractivity contribution in [1.82, 2.24) is 15.3 Å². The summed E-state index contributed by atoms with van der Waals surface area (Å²) in [5.74, 6) is 1.36. The molecule has 2 heterocycles. The first-order valence-corrected chi connectivity index (χ1v) is 8.31. The molecule has 0 radical (unpaired) electrons. The molecule has 128 valence electrons. The van der Waals surface area contributed by atoms with Gasteiger partial charge >= 0.3 is 6.09 Å². The second-order valence-electron chi connectivity index (χ2n) is 7.36. The number of amides is 1. The third-order valence-electron chi connectivity index (χ3n) is 3.81. The lowest BCUT2D eigenvalue weighted by molar-refractivity contribution is 0.0497. The molecule has 1 saturated heterocycles. The lowest BCUT2D eigenvalue weighted by atomic mass is 10.0. The molecule has 0 saturated carbocycles. The smallest absolute Gasteiger partial charge is 0.407 e. The van der Waals surface area contributed by atoms with Crippen LogP contribution in [0.3, 0.4) is 0 Å². The first-order valence-electron chi connectivity index (χ1n) is 8.31. The van der Waals surface area contributed by atoms with Crippen LogP contribution in [0.1, 0.15) is 59.1 Å². The van der Waals surface area contributed by atoms with Gasteiger partial charge in [-0.15, -0.1) is 0 Å². The largest absolute Gasteiger partial charge is 0.444 e. The van der Waals surface area contributed by atoms with Gasteiger partial charge in [0.2, 0.25) is 0 Å². The Hall–Kier alpha value is -1.85. The number of anilines is 1. The molecule has 6 heteroatoms. The van der Waals surface area contributed by atoms with E-state index in [-0.39, 0.29) is 12.1 Å². The van der Waals surface area contributed by atoms with Crippen LogP contribution >= 0.6 is 0 Å². The predicted octanol–water partition coefficient (Wildman–Crippen LogP) is 3.09. The molecule has 1 aliphatic heterocycles. The van der Waals surface area contributed by atoms with E-state index in [1.165, 1.54) is 0 Å². The number of alkyl carbamates (subject to hydrolysis) is 1. The maximum atomic E-state index is 11.8. The molecule has 2 rings (SSSR count). The molecule has 1 aromatic heterocycles. The van der Waals surface area contributed by atoms with Crippen molar-refractivity contribution in [3.8, 4) is 0 Å². The Morgan fingerprint density at radius 1 is 1.30 bits per heavy atom. The highest BCUT2D eigenvalue weighted by atomic mass is 16.6. The highest BCUT2D eigenvalue weighted by molar-refractivity contribution is 5.68. The van der Waals surface area contributed by atoms with Crippen molar-refractivity contribution in [3.05, 3.63) is 18.1 Å². The number of ether oxygens (including phenoxy) is 1. The van der Waals surface area contributed by atoms with Crippen LogP contribution in [-0.4, -0.2) is 40.8 Å². The highest BCUT2D eigenvalue weighted by Gasteiger charge is 2.24. The average Bonchev–Trinajstić information content (AvgIpc) is 2.46. The van der Waals surface area contributed by atoms with Gasteiger partial charge in [0, 0.05) is 30.9 Å². The van der Waals surface area contributed by atoms with Crippen LogP contribution in [0.5, 0.6) is 0 Å². The molecule has 6 nitrogen and oxygen atoms in total. The summed E-state index contributed by atoms with van der Waals surface area (Å²) in [5, 5.41) is 2.96. The monoisotopic (exact) mass is 320 g/mol. The van der Waals surface area contributed by atoms with Gasteiger partial charge in [0.15, 0.2) is 0 Å². The van der Waals surface area contributed by atoms with E-state index in [1.54, 1.807) is 6.33 Å². The second-order valence-corrected chi connectivity index (χ2v) is 7.36.